The summed E-state index contributed by atoms with van der Waals surface area (Å²) in [5, 5.41) is 11.0. The van der Waals surface area contributed by atoms with Gasteiger partial charge in [0.1, 0.15) is 0 Å². The van der Waals surface area contributed by atoms with Crippen LogP contribution >= 0.6 is 0 Å². The maximum atomic E-state index is 13.6. The van der Waals surface area contributed by atoms with Gasteiger partial charge in [-0.25, -0.2) is 0 Å². The quantitative estimate of drug-likeness (QED) is 0.469. The van der Waals surface area contributed by atoms with Crippen LogP contribution in [-0.2, 0) is 15.0 Å². The van der Waals surface area contributed by atoms with Crippen LogP contribution in [0.15, 0.2) is 24.3 Å². The molecule has 1 aromatic carbocycles. The number of hydrogen-bond donors (Lipinski definition) is 0. The van der Waals surface area contributed by atoms with Crippen molar-refractivity contribution >= 4 is 17.5 Å². The number of imide groups is 1. The van der Waals surface area contributed by atoms with Crippen molar-refractivity contribution in [2.75, 3.05) is 0 Å². The minimum Gasteiger partial charge on any atom is -0.278 e. The molecule has 2 aliphatic carbocycles. The van der Waals surface area contributed by atoms with E-state index in [9.17, 15) is 19.7 Å². The number of piperidine rings is 1. The normalized spacial score (nSPS) is 29.7. The van der Waals surface area contributed by atoms with Gasteiger partial charge < -0.3 is 0 Å². The summed E-state index contributed by atoms with van der Waals surface area (Å²) < 4.78 is 0. The lowest BCUT2D eigenvalue weighted by atomic mass is 9.62. The molecular formula is C20H24N2O4. The Morgan fingerprint density at radius 1 is 1.00 bits per heavy atom. The summed E-state index contributed by atoms with van der Waals surface area (Å²) >= 11 is 0. The van der Waals surface area contributed by atoms with Crippen molar-refractivity contribution in [3.05, 3.63) is 39.9 Å². The number of rotatable bonds is 3. The van der Waals surface area contributed by atoms with Crippen molar-refractivity contribution in [2.45, 2.75) is 69.2 Å². The number of amides is 2. The van der Waals surface area contributed by atoms with Gasteiger partial charge in [-0.1, -0.05) is 37.8 Å². The molecule has 3 aliphatic rings. The second-order valence-corrected chi connectivity index (χ2v) is 7.98. The lowest BCUT2D eigenvalue weighted by Crippen LogP contribution is -2.62. The Kier molecular flexibility index (Phi) is 4.29. The van der Waals surface area contributed by atoms with Crippen LogP contribution in [0.25, 0.3) is 0 Å². The van der Waals surface area contributed by atoms with Crippen molar-refractivity contribution < 1.29 is 14.5 Å². The highest BCUT2D eigenvalue weighted by Crippen LogP contribution is 2.49. The van der Waals surface area contributed by atoms with Crippen LogP contribution in [0.4, 0.5) is 5.69 Å². The number of carbonyl (C=O) groups excluding carboxylic acids is 2. The number of fused-ring (bicyclic) bond motifs is 2. The molecule has 0 aromatic heterocycles. The van der Waals surface area contributed by atoms with Gasteiger partial charge in [-0.05, 0) is 37.7 Å². The average molecular weight is 356 g/mol. The van der Waals surface area contributed by atoms with Crippen LogP contribution in [-0.4, -0.2) is 27.7 Å². The first-order chi connectivity index (χ1) is 12.5. The Hall–Kier alpha value is -2.24. The van der Waals surface area contributed by atoms with Gasteiger partial charge in [0, 0.05) is 24.1 Å². The molecule has 1 aromatic rings. The van der Waals surface area contributed by atoms with Gasteiger partial charge >= 0.3 is 0 Å². The molecule has 1 saturated heterocycles. The predicted octanol–water partition coefficient (Wildman–Crippen LogP) is 3.72. The summed E-state index contributed by atoms with van der Waals surface area (Å²) in [6.45, 7) is 0. The minimum atomic E-state index is -0.691. The first-order valence-corrected chi connectivity index (χ1v) is 9.65. The van der Waals surface area contributed by atoms with Crippen molar-refractivity contribution in [1.29, 1.82) is 0 Å². The monoisotopic (exact) mass is 356 g/mol. The van der Waals surface area contributed by atoms with E-state index in [0.717, 1.165) is 50.5 Å². The molecule has 6 heteroatoms. The first-order valence-electron chi connectivity index (χ1n) is 9.65. The van der Waals surface area contributed by atoms with E-state index in [0.29, 0.717) is 6.42 Å². The number of non-ortho nitro benzene ring substituents is 1. The smallest absolute Gasteiger partial charge is 0.269 e. The van der Waals surface area contributed by atoms with E-state index in [2.05, 4.69) is 0 Å². The second-order valence-electron chi connectivity index (χ2n) is 7.98. The van der Waals surface area contributed by atoms with E-state index in [1.165, 1.54) is 18.6 Å². The van der Waals surface area contributed by atoms with Crippen LogP contribution in [0, 0.1) is 16.0 Å². The van der Waals surface area contributed by atoms with Crippen molar-refractivity contribution in [3.63, 3.8) is 0 Å². The Labute approximate surface area is 152 Å². The number of nitro groups is 1. The molecule has 0 N–H and O–H groups in total. The summed E-state index contributed by atoms with van der Waals surface area (Å²) in [6, 6.07) is 6.41. The van der Waals surface area contributed by atoms with Gasteiger partial charge in [0.15, 0.2) is 0 Å². The molecule has 0 radical (unpaired) electrons. The first kappa shape index (κ1) is 17.2. The van der Waals surface area contributed by atoms with E-state index in [-0.39, 0.29) is 29.5 Å². The maximum Gasteiger partial charge on any atom is 0.269 e. The van der Waals surface area contributed by atoms with E-state index in [1.807, 2.05) is 0 Å². The minimum absolute atomic E-state index is 0.0131. The van der Waals surface area contributed by atoms with Crippen LogP contribution in [0.2, 0.25) is 0 Å². The number of nitro benzene ring substituents is 1. The van der Waals surface area contributed by atoms with Crippen LogP contribution < -0.4 is 0 Å². The van der Waals surface area contributed by atoms with Crippen LogP contribution in [0.3, 0.4) is 0 Å². The topological polar surface area (TPSA) is 80.5 Å². The summed E-state index contributed by atoms with van der Waals surface area (Å²) in [5.74, 6) is -0.156. The summed E-state index contributed by atoms with van der Waals surface area (Å²) in [4.78, 5) is 38.7. The largest absolute Gasteiger partial charge is 0.278 e. The Morgan fingerprint density at radius 2 is 1.69 bits per heavy atom. The van der Waals surface area contributed by atoms with Gasteiger partial charge in [0.2, 0.25) is 11.8 Å². The zero-order valence-corrected chi connectivity index (χ0v) is 14.9. The molecule has 1 aliphatic heterocycles. The number of benzene rings is 1. The number of hydrogen-bond acceptors (Lipinski definition) is 4. The van der Waals surface area contributed by atoms with Crippen LogP contribution in [0.1, 0.15) is 63.4 Å². The Balaban J connectivity index is 1.72. The fourth-order valence-corrected chi connectivity index (χ4v) is 5.18. The molecule has 2 unspecified atom stereocenters. The molecule has 0 spiro atoms. The Bertz CT molecular complexity index is 739. The second kappa shape index (κ2) is 6.49. The molecule has 2 saturated carbocycles. The predicted molar refractivity (Wildman–Crippen MR) is 95.5 cm³/mol. The van der Waals surface area contributed by atoms with E-state index >= 15 is 0 Å². The highest BCUT2D eigenvalue weighted by Gasteiger charge is 2.55. The summed E-state index contributed by atoms with van der Waals surface area (Å²) in [5.41, 5.74) is 0.163. The molecule has 4 rings (SSSR count). The highest BCUT2D eigenvalue weighted by atomic mass is 16.6. The fourth-order valence-electron chi connectivity index (χ4n) is 5.18. The average Bonchev–Trinajstić information content (AvgIpc) is 2.68. The molecule has 138 valence electrons. The van der Waals surface area contributed by atoms with Crippen molar-refractivity contribution in [1.82, 2.24) is 4.90 Å². The molecule has 2 bridgehead atoms. The van der Waals surface area contributed by atoms with Crippen LogP contribution in [0.5, 0.6) is 0 Å². The molecule has 1 heterocycles. The molecular weight excluding hydrogens is 332 g/mol. The molecule has 26 heavy (non-hydrogen) atoms. The van der Waals surface area contributed by atoms with Gasteiger partial charge in [-0.15, -0.1) is 0 Å². The highest BCUT2D eigenvalue weighted by molar-refractivity contribution is 6.05. The van der Waals surface area contributed by atoms with E-state index in [4.69, 9.17) is 0 Å². The van der Waals surface area contributed by atoms with Gasteiger partial charge in [-0.2, -0.15) is 0 Å². The zero-order valence-electron chi connectivity index (χ0n) is 14.9. The maximum absolute atomic E-state index is 13.6. The third-order valence-corrected chi connectivity index (χ3v) is 6.54. The number of likely N-dealkylation sites (tertiary alicyclic amines) is 1. The van der Waals surface area contributed by atoms with Gasteiger partial charge in [-0.3, -0.25) is 24.6 Å². The third kappa shape index (κ3) is 2.63. The lowest BCUT2D eigenvalue weighted by Gasteiger charge is -2.50. The summed E-state index contributed by atoms with van der Waals surface area (Å²) in [7, 11) is 0. The lowest BCUT2D eigenvalue weighted by molar-refractivity contribution is -0.384. The standard InChI is InChI=1S/C20H24N2O4/c23-18-14-5-4-12-20(13-14,15-8-10-17(11-9-15)22(25)26)19(24)21(18)16-6-2-1-3-7-16/h8-11,14,16H,1-7,12-13H2. The summed E-state index contributed by atoms with van der Waals surface area (Å²) in [6.07, 6.45) is 8.06. The van der Waals surface area contributed by atoms with Gasteiger partial charge in [0.25, 0.3) is 5.69 Å². The number of carbonyl (C=O) groups is 2. The molecule has 3 fully saturated rings. The zero-order chi connectivity index (χ0) is 18.3. The fraction of sp³-hybridized carbons (Fsp3) is 0.600. The molecule has 2 amide bonds. The van der Waals surface area contributed by atoms with E-state index in [1.54, 1.807) is 17.0 Å². The van der Waals surface area contributed by atoms with Crippen molar-refractivity contribution in [2.24, 2.45) is 5.92 Å². The van der Waals surface area contributed by atoms with E-state index < -0.39 is 10.3 Å². The number of nitrogens with zero attached hydrogens (tertiary/aromatic N) is 2. The molecule has 2 atom stereocenters. The third-order valence-electron chi connectivity index (χ3n) is 6.54. The van der Waals surface area contributed by atoms with Crippen molar-refractivity contribution in [3.8, 4) is 0 Å². The van der Waals surface area contributed by atoms with Gasteiger partial charge in [0.05, 0.1) is 10.3 Å². The SMILES string of the molecule is O=C1C2CCCC(c3ccc([N+](=O)[O-])cc3)(C2)C(=O)N1C1CCCCC1. The Morgan fingerprint density at radius 3 is 2.35 bits per heavy atom. The molecule has 6 nitrogen and oxygen atoms in total.